The van der Waals surface area contributed by atoms with Crippen molar-refractivity contribution in [1.29, 1.82) is 5.26 Å². The number of nitriles is 1. The summed E-state index contributed by atoms with van der Waals surface area (Å²) in [5.41, 5.74) is 4.93. The number of nitrogens with one attached hydrogen (secondary N) is 1. The zero-order valence-corrected chi connectivity index (χ0v) is 16.8. The van der Waals surface area contributed by atoms with E-state index in [1.54, 1.807) is 25.3 Å². The highest BCUT2D eigenvalue weighted by Crippen LogP contribution is 2.32. The van der Waals surface area contributed by atoms with Crippen LogP contribution in [0.5, 0.6) is 0 Å². The molecule has 152 valence electrons. The molecule has 2 heterocycles. The standard InChI is InChI=1S/C20H16ClN5O4/c1-12-7-13(11-29-2)17(9-22)20(24-12)25-23-10-15-4-6-19(30-15)16-5-3-14(26(27)28)8-18(16)21/h3-8,10H,11H2,1-2H3,(H,24,25)/b23-10+. The molecule has 0 fully saturated rings. The summed E-state index contributed by atoms with van der Waals surface area (Å²) < 4.78 is 10.8. The second-order valence-electron chi connectivity index (χ2n) is 6.18. The first-order chi connectivity index (χ1) is 14.4. The Morgan fingerprint density at radius 1 is 1.40 bits per heavy atom. The summed E-state index contributed by atoms with van der Waals surface area (Å²) in [7, 11) is 1.55. The number of hydrogen-bond donors (Lipinski definition) is 1. The van der Waals surface area contributed by atoms with Crippen molar-refractivity contribution in [2.24, 2.45) is 5.10 Å². The molecule has 0 unspecified atom stereocenters. The molecule has 10 heteroatoms. The van der Waals surface area contributed by atoms with Gasteiger partial charge in [0.15, 0.2) is 5.82 Å². The molecule has 0 radical (unpaired) electrons. The van der Waals surface area contributed by atoms with Gasteiger partial charge >= 0.3 is 0 Å². The first kappa shape index (κ1) is 21.0. The smallest absolute Gasteiger partial charge is 0.270 e. The predicted molar refractivity (Wildman–Crippen MR) is 111 cm³/mol. The molecule has 2 aromatic heterocycles. The van der Waals surface area contributed by atoms with E-state index in [4.69, 9.17) is 20.8 Å². The van der Waals surface area contributed by atoms with E-state index < -0.39 is 4.92 Å². The van der Waals surface area contributed by atoms with Gasteiger partial charge in [-0.2, -0.15) is 10.4 Å². The van der Waals surface area contributed by atoms with Crippen LogP contribution in [-0.4, -0.2) is 23.2 Å². The molecule has 0 aliphatic rings. The second-order valence-corrected chi connectivity index (χ2v) is 6.59. The first-order valence-corrected chi connectivity index (χ1v) is 9.03. The van der Waals surface area contributed by atoms with Crippen molar-refractivity contribution in [2.45, 2.75) is 13.5 Å². The number of aromatic nitrogens is 1. The number of non-ortho nitro benzene ring substituents is 1. The number of benzene rings is 1. The summed E-state index contributed by atoms with van der Waals surface area (Å²) in [6.07, 6.45) is 1.42. The number of hydrazone groups is 1. The molecular formula is C20H16ClN5O4. The van der Waals surface area contributed by atoms with E-state index in [1.165, 1.54) is 24.4 Å². The van der Waals surface area contributed by atoms with Gasteiger partial charge in [0.1, 0.15) is 23.2 Å². The van der Waals surface area contributed by atoms with E-state index in [0.29, 0.717) is 39.7 Å². The summed E-state index contributed by atoms with van der Waals surface area (Å²) >= 11 is 6.13. The van der Waals surface area contributed by atoms with Gasteiger partial charge in [-0.05, 0) is 31.2 Å². The Balaban J connectivity index is 1.79. The predicted octanol–water partition coefficient (Wildman–Crippen LogP) is 4.68. The van der Waals surface area contributed by atoms with Crippen LogP contribution in [0.4, 0.5) is 11.5 Å². The maximum absolute atomic E-state index is 10.8. The fourth-order valence-electron chi connectivity index (χ4n) is 2.76. The number of nitro benzene ring substituents is 1. The molecule has 1 N–H and O–H groups in total. The largest absolute Gasteiger partial charge is 0.455 e. The lowest BCUT2D eigenvalue weighted by Crippen LogP contribution is -2.03. The van der Waals surface area contributed by atoms with Crippen LogP contribution in [0.15, 0.2) is 45.9 Å². The van der Waals surface area contributed by atoms with Crippen LogP contribution >= 0.6 is 11.6 Å². The second kappa shape index (κ2) is 9.17. The SMILES string of the molecule is COCc1cc(C)nc(N/N=C/c2ccc(-c3ccc([N+](=O)[O-])cc3Cl)o2)c1C#N. The highest BCUT2D eigenvalue weighted by molar-refractivity contribution is 6.33. The fourth-order valence-corrected chi connectivity index (χ4v) is 3.03. The van der Waals surface area contributed by atoms with Gasteiger partial charge in [-0.3, -0.25) is 15.5 Å². The third-order valence-corrected chi connectivity index (χ3v) is 4.37. The van der Waals surface area contributed by atoms with Crippen LogP contribution < -0.4 is 5.43 Å². The van der Waals surface area contributed by atoms with E-state index in [9.17, 15) is 15.4 Å². The summed E-state index contributed by atoms with van der Waals surface area (Å²) in [5, 5.41) is 24.5. The van der Waals surface area contributed by atoms with E-state index in [0.717, 1.165) is 0 Å². The number of anilines is 1. The van der Waals surface area contributed by atoms with Gasteiger partial charge < -0.3 is 9.15 Å². The highest BCUT2D eigenvalue weighted by Gasteiger charge is 2.14. The number of hydrogen-bond acceptors (Lipinski definition) is 8. The van der Waals surface area contributed by atoms with E-state index >= 15 is 0 Å². The van der Waals surface area contributed by atoms with Crippen LogP contribution in [0.3, 0.4) is 0 Å². The van der Waals surface area contributed by atoms with Crippen molar-refractivity contribution in [3.8, 4) is 17.4 Å². The maximum atomic E-state index is 10.8. The van der Waals surface area contributed by atoms with Crippen molar-refractivity contribution in [1.82, 2.24) is 4.98 Å². The Kier molecular flexibility index (Phi) is 6.41. The Morgan fingerprint density at radius 2 is 2.20 bits per heavy atom. The van der Waals surface area contributed by atoms with Crippen molar-refractivity contribution < 1.29 is 14.1 Å². The number of aryl methyl sites for hydroxylation is 1. The maximum Gasteiger partial charge on any atom is 0.270 e. The molecule has 0 bridgehead atoms. The van der Waals surface area contributed by atoms with Gasteiger partial charge in [-0.25, -0.2) is 4.98 Å². The molecule has 1 aromatic carbocycles. The number of furan rings is 1. The minimum atomic E-state index is -0.519. The average molecular weight is 426 g/mol. The molecule has 0 saturated carbocycles. The Hall–Kier alpha value is -3.74. The monoisotopic (exact) mass is 425 g/mol. The van der Waals surface area contributed by atoms with Gasteiger partial charge in [0.05, 0.1) is 22.8 Å². The molecular weight excluding hydrogens is 410 g/mol. The summed E-state index contributed by atoms with van der Waals surface area (Å²) in [5.74, 6) is 1.16. The third kappa shape index (κ3) is 4.63. The topological polar surface area (TPSA) is 127 Å². The molecule has 0 amide bonds. The van der Waals surface area contributed by atoms with Gasteiger partial charge in [0.2, 0.25) is 0 Å². The molecule has 30 heavy (non-hydrogen) atoms. The molecule has 0 aliphatic heterocycles. The highest BCUT2D eigenvalue weighted by atomic mass is 35.5. The molecule has 0 saturated heterocycles. The van der Waals surface area contributed by atoms with Gasteiger partial charge in [0.25, 0.3) is 5.69 Å². The Bertz CT molecular complexity index is 1170. The zero-order valence-electron chi connectivity index (χ0n) is 16.0. The van der Waals surface area contributed by atoms with Crippen LogP contribution in [0.2, 0.25) is 5.02 Å². The molecule has 3 rings (SSSR count). The third-order valence-electron chi connectivity index (χ3n) is 4.06. The first-order valence-electron chi connectivity index (χ1n) is 8.65. The Labute approximate surface area is 176 Å². The molecule has 0 atom stereocenters. The lowest BCUT2D eigenvalue weighted by molar-refractivity contribution is -0.384. The molecule has 3 aromatic rings. The minimum Gasteiger partial charge on any atom is -0.455 e. The lowest BCUT2D eigenvalue weighted by Gasteiger charge is -2.08. The van der Waals surface area contributed by atoms with Gasteiger partial charge in [-0.15, -0.1) is 0 Å². The number of rotatable bonds is 7. The van der Waals surface area contributed by atoms with Crippen LogP contribution in [-0.2, 0) is 11.3 Å². The normalized spacial score (nSPS) is 10.9. The van der Waals surface area contributed by atoms with Crippen molar-refractivity contribution >= 4 is 29.3 Å². The molecule has 0 aliphatic carbocycles. The van der Waals surface area contributed by atoms with Crippen LogP contribution in [0.1, 0.15) is 22.6 Å². The molecule has 0 spiro atoms. The van der Waals surface area contributed by atoms with E-state index in [2.05, 4.69) is 21.6 Å². The number of nitro groups is 1. The summed E-state index contributed by atoms with van der Waals surface area (Å²) in [6.45, 7) is 2.09. The minimum absolute atomic E-state index is 0.104. The van der Waals surface area contributed by atoms with Crippen LogP contribution in [0.25, 0.3) is 11.3 Å². The number of methoxy groups -OCH3 is 1. The quantitative estimate of drug-likeness (QED) is 0.331. The average Bonchev–Trinajstić information content (AvgIpc) is 3.16. The summed E-state index contributed by atoms with van der Waals surface area (Å²) in [4.78, 5) is 14.6. The number of nitrogens with zero attached hydrogens (tertiary/aromatic N) is 4. The number of halogens is 1. The van der Waals surface area contributed by atoms with Gasteiger partial charge in [0, 0.05) is 36.1 Å². The Morgan fingerprint density at radius 3 is 2.87 bits per heavy atom. The van der Waals surface area contributed by atoms with E-state index in [-0.39, 0.29) is 17.3 Å². The van der Waals surface area contributed by atoms with E-state index in [1.807, 2.05) is 6.92 Å². The number of ether oxygens (including phenoxy) is 1. The van der Waals surface area contributed by atoms with Gasteiger partial charge in [-0.1, -0.05) is 11.6 Å². The zero-order chi connectivity index (χ0) is 21.7. The number of pyridine rings is 1. The van der Waals surface area contributed by atoms with Crippen molar-refractivity contribution in [3.63, 3.8) is 0 Å². The summed E-state index contributed by atoms with van der Waals surface area (Å²) in [6, 6.07) is 11.4. The van der Waals surface area contributed by atoms with Crippen LogP contribution in [0, 0.1) is 28.4 Å². The fraction of sp³-hybridized carbons (Fsp3) is 0.150. The van der Waals surface area contributed by atoms with Crippen molar-refractivity contribution in [2.75, 3.05) is 12.5 Å². The lowest BCUT2D eigenvalue weighted by atomic mass is 10.1. The molecule has 9 nitrogen and oxygen atoms in total. The van der Waals surface area contributed by atoms with Crippen molar-refractivity contribution in [3.05, 3.63) is 74.1 Å².